The van der Waals surface area contributed by atoms with Gasteiger partial charge in [0.05, 0.1) is 10.7 Å². The molecule has 0 aliphatic rings. The molecule has 0 spiro atoms. The Kier molecular flexibility index (Phi) is 3.14. The lowest BCUT2D eigenvalue weighted by molar-refractivity contribution is -0.105. The molecule has 0 atom stereocenters. The Hall–Kier alpha value is -1.22. The number of rotatable bonds is 3. The number of carbonyl (C=O) groups excluding carboxylic acids is 1. The molecule has 0 fully saturated rings. The Balaban J connectivity index is 2.98. The molecule has 0 aliphatic carbocycles. The Morgan fingerprint density at radius 3 is 2.62 bits per heavy atom. The highest BCUT2D eigenvalue weighted by Crippen LogP contribution is 2.26. The number of hydrogen-bond acceptors (Lipinski definition) is 2. The number of carbonyl (C=O) groups is 1. The van der Waals surface area contributed by atoms with Crippen molar-refractivity contribution in [2.45, 2.75) is 0 Å². The molecule has 0 bridgehead atoms. The van der Waals surface area contributed by atoms with Crippen molar-refractivity contribution in [2.75, 3.05) is 24.3 Å². The minimum absolute atomic E-state index is 0.622. The molecule has 1 amide bonds. The molecule has 0 unspecified atom stereocenters. The number of amides is 1. The van der Waals surface area contributed by atoms with Crippen LogP contribution in [-0.4, -0.2) is 20.5 Å². The molecule has 0 aliphatic heterocycles. The highest BCUT2D eigenvalue weighted by Gasteiger charge is 2.02. The van der Waals surface area contributed by atoms with E-state index in [0.717, 1.165) is 5.69 Å². The molecule has 0 heterocycles. The topological polar surface area (TPSA) is 32.3 Å². The van der Waals surface area contributed by atoms with Crippen molar-refractivity contribution in [1.29, 1.82) is 0 Å². The maximum Gasteiger partial charge on any atom is 0.211 e. The fourth-order valence-electron chi connectivity index (χ4n) is 1.03. The quantitative estimate of drug-likeness (QED) is 0.754. The predicted octanol–water partition coefficient (Wildman–Crippen LogP) is 1.97. The van der Waals surface area contributed by atoms with Crippen LogP contribution in [0.4, 0.5) is 11.4 Å². The highest BCUT2D eigenvalue weighted by atomic mass is 35.5. The van der Waals surface area contributed by atoms with E-state index in [1.807, 2.05) is 25.1 Å². The van der Waals surface area contributed by atoms with Crippen molar-refractivity contribution in [3.8, 4) is 0 Å². The van der Waals surface area contributed by atoms with Gasteiger partial charge in [-0.15, -0.1) is 0 Å². The molecular formula is C9H11ClN2O. The minimum Gasteiger partial charge on any atom is -0.376 e. The summed E-state index contributed by atoms with van der Waals surface area (Å²) in [7, 11) is 3.82. The lowest BCUT2D eigenvalue weighted by Gasteiger charge is -2.14. The van der Waals surface area contributed by atoms with Crippen LogP contribution in [0.15, 0.2) is 18.2 Å². The van der Waals surface area contributed by atoms with Crippen LogP contribution in [-0.2, 0) is 4.79 Å². The first kappa shape index (κ1) is 9.86. The molecule has 1 aromatic carbocycles. The van der Waals surface area contributed by atoms with Crippen LogP contribution in [0.3, 0.4) is 0 Å². The van der Waals surface area contributed by atoms with E-state index in [1.165, 1.54) is 0 Å². The summed E-state index contributed by atoms with van der Waals surface area (Å²) in [5.74, 6) is 0. The van der Waals surface area contributed by atoms with Crippen molar-refractivity contribution in [2.24, 2.45) is 0 Å². The van der Waals surface area contributed by atoms with Crippen LogP contribution in [0, 0.1) is 0 Å². The molecule has 13 heavy (non-hydrogen) atoms. The van der Waals surface area contributed by atoms with Gasteiger partial charge in [0.25, 0.3) is 0 Å². The SMILES string of the molecule is CN(C)c1ccc(NC=O)cc1Cl. The molecule has 1 N–H and O–H groups in total. The van der Waals surface area contributed by atoms with E-state index in [-0.39, 0.29) is 0 Å². The molecule has 0 saturated heterocycles. The fourth-order valence-corrected chi connectivity index (χ4v) is 1.38. The van der Waals surface area contributed by atoms with E-state index < -0.39 is 0 Å². The maximum absolute atomic E-state index is 10.1. The zero-order valence-corrected chi connectivity index (χ0v) is 8.30. The van der Waals surface area contributed by atoms with Gasteiger partial charge in [0.15, 0.2) is 0 Å². The van der Waals surface area contributed by atoms with Gasteiger partial charge in [0.1, 0.15) is 0 Å². The lowest BCUT2D eigenvalue weighted by Crippen LogP contribution is -2.09. The van der Waals surface area contributed by atoms with E-state index in [1.54, 1.807) is 12.1 Å². The third kappa shape index (κ3) is 2.36. The molecule has 0 radical (unpaired) electrons. The molecule has 70 valence electrons. The molecule has 0 saturated carbocycles. The number of nitrogens with zero attached hydrogens (tertiary/aromatic N) is 1. The summed E-state index contributed by atoms with van der Waals surface area (Å²) in [6, 6.07) is 5.37. The van der Waals surface area contributed by atoms with Gasteiger partial charge in [-0.2, -0.15) is 0 Å². The second-order valence-corrected chi connectivity index (χ2v) is 3.23. The van der Waals surface area contributed by atoms with Gasteiger partial charge in [-0.05, 0) is 18.2 Å². The van der Waals surface area contributed by atoms with Crippen molar-refractivity contribution in [1.82, 2.24) is 0 Å². The van der Waals surface area contributed by atoms with Gasteiger partial charge in [0, 0.05) is 19.8 Å². The minimum atomic E-state index is 0.622. The van der Waals surface area contributed by atoms with E-state index in [4.69, 9.17) is 11.6 Å². The smallest absolute Gasteiger partial charge is 0.211 e. The number of anilines is 2. The van der Waals surface area contributed by atoms with Crippen LogP contribution in [0.1, 0.15) is 0 Å². The summed E-state index contributed by atoms with van der Waals surface area (Å²) in [6.45, 7) is 0. The zero-order valence-electron chi connectivity index (χ0n) is 7.54. The van der Waals surface area contributed by atoms with Crippen LogP contribution < -0.4 is 10.2 Å². The first-order valence-electron chi connectivity index (χ1n) is 3.82. The number of nitrogens with one attached hydrogen (secondary N) is 1. The number of benzene rings is 1. The van der Waals surface area contributed by atoms with Gasteiger partial charge in [-0.1, -0.05) is 11.6 Å². The summed E-state index contributed by atoms with van der Waals surface area (Å²) in [5, 5.41) is 3.15. The maximum atomic E-state index is 10.1. The number of hydrogen-bond donors (Lipinski definition) is 1. The van der Waals surface area contributed by atoms with Crippen LogP contribution in [0.5, 0.6) is 0 Å². The molecule has 1 rings (SSSR count). The zero-order chi connectivity index (χ0) is 9.84. The second kappa shape index (κ2) is 4.14. The predicted molar refractivity (Wildman–Crippen MR) is 55.5 cm³/mol. The van der Waals surface area contributed by atoms with Crippen molar-refractivity contribution < 1.29 is 4.79 Å². The third-order valence-electron chi connectivity index (χ3n) is 1.66. The summed E-state index contributed by atoms with van der Waals surface area (Å²) in [4.78, 5) is 12.0. The standard InChI is InChI=1S/C9H11ClN2O/c1-12(2)9-4-3-7(11-6-13)5-8(9)10/h3-6H,1-2H3,(H,11,13). The normalized spacial score (nSPS) is 9.46. The van der Waals surface area contributed by atoms with Crippen LogP contribution >= 0.6 is 11.6 Å². The molecule has 0 aromatic heterocycles. The summed E-state index contributed by atoms with van der Waals surface area (Å²) in [6.07, 6.45) is 0.626. The van der Waals surface area contributed by atoms with E-state index in [0.29, 0.717) is 17.1 Å². The Bertz CT molecular complexity index is 312. The molecule has 1 aromatic rings. The monoisotopic (exact) mass is 198 g/mol. The lowest BCUT2D eigenvalue weighted by atomic mass is 10.2. The van der Waals surface area contributed by atoms with Crippen molar-refractivity contribution >= 4 is 29.4 Å². The Labute approximate surface area is 82.3 Å². The van der Waals surface area contributed by atoms with E-state index >= 15 is 0 Å². The van der Waals surface area contributed by atoms with Crippen molar-refractivity contribution in [3.05, 3.63) is 23.2 Å². The van der Waals surface area contributed by atoms with Gasteiger partial charge >= 0.3 is 0 Å². The average Bonchev–Trinajstić information content (AvgIpc) is 2.04. The first-order chi connectivity index (χ1) is 6.15. The molecule has 4 heteroatoms. The molecule has 3 nitrogen and oxygen atoms in total. The Morgan fingerprint density at radius 2 is 2.15 bits per heavy atom. The van der Waals surface area contributed by atoms with Gasteiger partial charge < -0.3 is 10.2 Å². The van der Waals surface area contributed by atoms with Gasteiger partial charge in [-0.3, -0.25) is 4.79 Å². The second-order valence-electron chi connectivity index (χ2n) is 2.82. The highest BCUT2D eigenvalue weighted by molar-refractivity contribution is 6.33. The van der Waals surface area contributed by atoms with Crippen LogP contribution in [0.2, 0.25) is 5.02 Å². The fraction of sp³-hybridized carbons (Fsp3) is 0.222. The van der Waals surface area contributed by atoms with Gasteiger partial charge in [0.2, 0.25) is 6.41 Å². The van der Waals surface area contributed by atoms with Crippen LogP contribution in [0.25, 0.3) is 0 Å². The molecular weight excluding hydrogens is 188 g/mol. The van der Waals surface area contributed by atoms with Gasteiger partial charge in [-0.25, -0.2) is 0 Å². The average molecular weight is 199 g/mol. The summed E-state index contributed by atoms with van der Waals surface area (Å²) >= 11 is 5.96. The van der Waals surface area contributed by atoms with E-state index in [2.05, 4.69) is 5.32 Å². The largest absolute Gasteiger partial charge is 0.376 e. The summed E-state index contributed by atoms with van der Waals surface area (Å²) < 4.78 is 0. The van der Waals surface area contributed by atoms with E-state index in [9.17, 15) is 4.79 Å². The van der Waals surface area contributed by atoms with Crippen molar-refractivity contribution in [3.63, 3.8) is 0 Å². The summed E-state index contributed by atoms with van der Waals surface area (Å²) in [5.41, 5.74) is 1.63. The number of halogens is 1. The first-order valence-corrected chi connectivity index (χ1v) is 4.20. The third-order valence-corrected chi connectivity index (χ3v) is 1.96. The Morgan fingerprint density at radius 1 is 1.46 bits per heavy atom.